The van der Waals surface area contributed by atoms with Gasteiger partial charge in [0.05, 0.1) is 4.88 Å². The van der Waals surface area contributed by atoms with E-state index in [9.17, 15) is 4.79 Å². The number of hydrogen-bond acceptors (Lipinski definition) is 2. The molecule has 1 heterocycles. The largest absolute Gasteiger partial charge is 0.293 e. The zero-order valence-electron chi connectivity index (χ0n) is 6.46. The molecule has 11 heavy (non-hydrogen) atoms. The summed E-state index contributed by atoms with van der Waals surface area (Å²) in [5.41, 5.74) is 1.27. The zero-order valence-corrected chi connectivity index (χ0v) is 7.28. The Kier molecular flexibility index (Phi) is 1.57. The van der Waals surface area contributed by atoms with Crippen molar-refractivity contribution >= 4 is 17.1 Å². The fourth-order valence-electron chi connectivity index (χ4n) is 1.59. The molecule has 0 fully saturated rings. The van der Waals surface area contributed by atoms with Gasteiger partial charge in [0, 0.05) is 5.92 Å². The van der Waals surface area contributed by atoms with Crippen molar-refractivity contribution in [3.8, 4) is 0 Å². The van der Waals surface area contributed by atoms with Gasteiger partial charge in [0.1, 0.15) is 0 Å². The van der Waals surface area contributed by atoms with Crippen molar-refractivity contribution < 1.29 is 4.79 Å². The molecule has 0 saturated heterocycles. The van der Waals surface area contributed by atoms with Gasteiger partial charge in [0.15, 0.2) is 5.78 Å². The number of ketones is 1. The van der Waals surface area contributed by atoms with Gasteiger partial charge in [-0.3, -0.25) is 4.79 Å². The third kappa shape index (κ3) is 0.932. The van der Waals surface area contributed by atoms with Crippen LogP contribution in [0, 0.1) is 5.92 Å². The summed E-state index contributed by atoms with van der Waals surface area (Å²) in [5.74, 6) is 0.662. The molecule has 2 rings (SSSR count). The predicted molar refractivity (Wildman–Crippen MR) is 46.1 cm³/mol. The maximum absolute atomic E-state index is 11.5. The lowest BCUT2D eigenvalue weighted by molar-refractivity contribution is 0.0937. The van der Waals surface area contributed by atoms with Crippen LogP contribution in [0.25, 0.3) is 0 Å². The average molecular weight is 166 g/mol. The summed E-state index contributed by atoms with van der Waals surface area (Å²) in [5, 5.41) is 2.01. The van der Waals surface area contributed by atoms with Gasteiger partial charge < -0.3 is 0 Å². The van der Waals surface area contributed by atoms with E-state index in [1.807, 2.05) is 5.38 Å². The molecule has 0 aliphatic heterocycles. The fourth-order valence-corrected chi connectivity index (χ4v) is 2.54. The Hall–Kier alpha value is -0.630. The maximum Gasteiger partial charge on any atom is 0.176 e. The van der Waals surface area contributed by atoms with Crippen molar-refractivity contribution in [1.82, 2.24) is 0 Å². The molecule has 1 nitrogen and oxygen atoms in total. The minimum absolute atomic E-state index is 0.289. The molecule has 1 atom stereocenters. The van der Waals surface area contributed by atoms with E-state index in [-0.39, 0.29) is 5.92 Å². The SMILES string of the molecule is CCC1Cc2ccsc2C1=O. The van der Waals surface area contributed by atoms with Crippen molar-refractivity contribution in [2.45, 2.75) is 19.8 Å². The molecule has 0 radical (unpaired) electrons. The molecular formula is C9H10OS. The van der Waals surface area contributed by atoms with Gasteiger partial charge >= 0.3 is 0 Å². The predicted octanol–water partition coefficient (Wildman–Crippen LogP) is 2.51. The standard InChI is InChI=1S/C9H10OS/c1-2-6-5-7-3-4-11-9(7)8(6)10/h3-4,6H,2,5H2,1H3. The summed E-state index contributed by atoms with van der Waals surface area (Å²) in [6, 6.07) is 2.08. The van der Waals surface area contributed by atoms with Crippen LogP contribution >= 0.6 is 11.3 Å². The molecule has 0 spiro atoms. The van der Waals surface area contributed by atoms with Gasteiger partial charge in [0.2, 0.25) is 0 Å². The van der Waals surface area contributed by atoms with Crippen LogP contribution in [0.2, 0.25) is 0 Å². The third-order valence-corrected chi connectivity index (χ3v) is 3.27. The lowest BCUT2D eigenvalue weighted by Gasteiger charge is -2.00. The maximum atomic E-state index is 11.5. The lowest BCUT2D eigenvalue weighted by Crippen LogP contribution is -2.06. The molecule has 0 saturated carbocycles. The highest BCUT2D eigenvalue weighted by Crippen LogP contribution is 2.32. The van der Waals surface area contributed by atoms with Crippen LogP contribution in [0.4, 0.5) is 0 Å². The van der Waals surface area contributed by atoms with Gasteiger partial charge in [-0.05, 0) is 29.9 Å². The molecule has 0 aromatic carbocycles. The highest BCUT2D eigenvalue weighted by atomic mass is 32.1. The van der Waals surface area contributed by atoms with Crippen LogP contribution in [-0.2, 0) is 6.42 Å². The first-order valence-corrected chi connectivity index (χ1v) is 4.81. The van der Waals surface area contributed by atoms with E-state index >= 15 is 0 Å². The number of carbonyl (C=O) groups is 1. The normalized spacial score (nSPS) is 22.3. The van der Waals surface area contributed by atoms with Gasteiger partial charge in [-0.1, -0.05) is 6.92 Å². The number of hydrogen-bond donors (Lipinski definition) is 0. The number of carbonyl (C=O) groups excluding carboxylic acids is 1. The minimum atomic E-state index is 0.289. The molecule has 58 valence electrons. The molecule has 0 bridgehead atoms. The second kappa shape index (κ2) is 2.45. The second-order valence-electron chi connectivity index (χ2n) is 2.95. The van der Waals surface area contributed by atoms with Gasteiger partial charge in [0.25, 0.3) is 0 Å². The van der Waals surface area contributed by atoms with E-state index in [0.717, 1.165) is 17.7 Å². The van der Waals surface area contributed by atoms with Crippen molar-refractivity contribution in [2.24, 2.45) is 5.92 Å². The Morgan fingerprint density at radius 2 is 2.55 bits per heavy atom. The molecule has 1 aromatic heterocycles. The smallest absolute Gasteiger partial charge is 0.176 e. The summed E-state index contributed by atoms with van der Waals surface area (Å²) in [4.78, 5) is 12.5. The Bertz CT molecular complexity index is 288. The summed E-state index contributed by atoms with van der Waals surface area (Å²) in [6.07, 6.45) is 1.97. The molecule has 0 amide bonds. The number of thiophene rings is 1. The van der Waals surface area contributed by atoms with Gasteiger partial charge in [-0.2, -0.15) is 0 Å². The molecule has 0 N–H and O–H groups in total. The van der Waals surface area contributed by atoms with E-state index in [0.29, 0.717) is 5.78 Å². The Morgan fingerprint density at radius 3 is 3.18 bits per heavy atom. The molecule has 1 unspecified atom stereocenters. The Labute approximate surface area is 70.1 Å². The topological polar surface area (TPSA) is 17.1 Å². The van der Waals surface area contributed by atoms with E-state index in [4.69, 9.17) is 0 Å². The van der Waals surface area contributed by atoms with Crippen LogP contribution in [-0.4, -0.2) is 5.78 Å². The first kappa shape index (κ1) is 7.04. The zero-order chi connectivity index (χ0) is 7.84. The van der Waals surface area contributed by atoms with E-state index < -0.39 is 0 Å². The van der Waals surface area contributed by atoms with Crippen LogP contribution in [0.15, 0.2) is 11.4 Å². The van der Waals surface area contributed by atoms with Crippen LogP contribution < -0.4 is 0 Å². The number of Topliss-reactive ketones (excluding diaryl/α,β-unsaturated/α-hetero) is 1. The third-order valence-electron chi connectivity index (χ3n) is 2.30. The van der Waals surface area contributed by atoms with Crippen LogP contribution in [0.3, 0.4) is 0 Å². The van der Waals surface area contributed by atoms with Crippen LogP contribution in [0.1, 0.15) is 28.6 Å². The monoisotopic (exact) mass is 166 g/mol. The van der Waals surface area contributed by atoms with Crippen molar-refractivity contribution in [2.75, 3.05) is 0 Å². The fraction of sp³-hybridized carbons (Fsp3) is 0.444. The van der Waals surface area contributed by atoms with Gasteiger partial charge in [-0.15, -0.1) is 11.3 Å². The molecular weight excluding hydrogens is 156 g/mol. The summed E-state index contributed by atoms with van der Waals surface area (Å²) in [6.45, 7) is 2.08. The first-order valence-electron chi connectivity index (χ1n) is 3.93. The first-order chi connectivity index (χ1) is 5.33. The second-order valence-corrected chi connectivity index (χ2v) is 3.86. The molecule has 1 aliphatic carbocycles. The Balaban J connectivity index is 2.37. The number of fused-ring (bicyclic) bond motifs is 1. The minimum Gasteiger partial charge on any atom is -0.293 e. The molecule has 2 heteroatoms. The van der Waals surface area contributed by atoms with Crippen molar-refractivity contribution in [1.29, 1.82) is 0 Å². The van der Waals surface area contributed by atoms with Crippen molar-refractivity contribution in [3.63, 3.8) is 0 Å². The average Bonchev–Trinajstić information content (AvgIpc) is 2.53. The highest BCUT2D eigenvalue weighted by molar-refractivity contribution is 7.12. The molecule has 1 aliphatic rings. The molecule has 1 aromatic rings. The summed E-state index contributed by atoms with van der Waals surface area (Å²) < 4.78 is 0. The van der Waals surface area contributed by atoms with E-state index in [2.05, 4.69) is 13.0 Å². The lowest BCUT2D eigenvalue weighted by atomic mass is 10.0. The quantitative estimate of drug-likeness (QED) is 0.626. The summed E-state index contributed by atoms with van der Waals surface area (Å²) >= 11 is 1.59. The summed E-state index contributed by atoms with van der Waals surface area (Å²) in [7, 11) is 0. The number of rotatable bonds is 1. The highest BCUT2D eigenvalue weighted by Gasteiger charge is 2.29. The van der Waals surface area contributed by atoms with Gasteiger partial charge in [-0.25, -0.2) is 0 Å². The Morgan fingerprint density at radius 1 is 1.73 bits per heavy atom. The van der Waals surface area contributed by atoms with E-state index in [1.54, 1.807) is 11.3 Å². The van der Waals surface area contributed by atoms with E-state index in [1.165, 1.54) is 5.56 Å². The van der Waals surface area contributed by atoms with Crippen LogP contribution in [0.5, 0.6) is 0 Å². The van der Waals surface area contributed by atoms with Crippen molar-refractivity contribution in [3.05, 3.63) is 21.9 Å².